The van der Waals surface area contributed by atoms with Gasteiger partial charge in [-0.3, -0.25) is 0 Å². The van der Waals surface area contributed by atoms with Gasteiger partial charge in [0.15, 0.2) is 17.6 Å². The molecule has 0 fully saturated rings. The Morgan fingerprint density at radius 3 is 2.12 bits per heavy atom. The molecule has 172 valence electrons. The third-order valence-electron chi connectivity index (χ3n) is 4.28. The highest BCUT2D eigenvalue weighted by Crippen LogP contribution is 2.43. The van der Waals surface area contributed by atoms with Crippen LogP contribution in [0.2, 0.25) is 10.0 Å². The largest absolute Gasteiger partial charge is 0.418 e. The first kappa shape index (κ1) is 24.6. The van der Waals surface area contributed by atoms with Crippen molar-refractivity contribution in [1.29, 1.82) is 5.26 Å². The summed E-state index contributed by atoms with van der Waals surface area (Å²) in [7, 11) is 0. The van der Waals surface area contributed by atoms with Crippen molar-refractivity contribution in [2.45, 2.75) is 18.5 Å². The van der Waals surface area contributed by atoms with E-state index in [2.05, 4.69) is 10.1 Å². The lowest BCUT2D eigenvalue weighted by atomic mass is 10.1. The molecule has 3 rings (SSSR count). The van der Waals surface area contributed by atoms with Crippen molar-refractivity contribution in [2.75, 3.05) is 0 Å². The monoisotopic (exact) mass is 506 g/mol. The second-order valence-corrected chi connectivity index (χ2v) is 7.32. The Morgan fingerprint density at radius 2 is 1.64 bits per heavy atom. The molecule has 0 amide bonds. The molecule has 0 aliphatic heterocycles. The number of aliphatic imine (C=N–C) groups is 1. The lowest BCUT2D eigenvalue weighted by molar-refractivity contribution is -0.206. The van der Waals surface area contributed by atoms with Crippen molar-refractivity contribution in [3.8, 4) is 11.8 Å². The standard InChI is InChI=1S/C20H10Cl2F6N4O/c21-12-6-11(19(23,24)25)7-13(22)16(12)32-18(30-9-10-4-2-1-3-5-10)15(14(8-29)31-32)17(33)20(26,27)28/h1-7,9,17,33H. The zero-order valence-corrected chi connectivity index (χ0v) is 17.5. The summed E-state index contributed by atoms with van der Waals surface area (Å²) in [6.45, 7) is 0. The molecule has 13 heteroatoms. The van der Waals surface area contributed by atoms with Crippen molar-refractivity contribution in [1.82, 2.24) is 9.78 Å². The predicted octanol–water partition coefficient (Wildman–Crippen LogP) is 6.42. The molecule has 1 heterocycles. The average molecular weight is 507 g/mol. The van der Waals surface area contributed by atoms with E-state index in [9.17, 15) is 36.7 Å². The van der Waals surface area contributed by atoms with Gasteiger partial charge >= 0.3 is 12.4 Å². The number of halogens is 8. The van der Waals surface area contributed by atoms with Crippen LogP contribution in [0.25, 0.3) is 5.69 Å². The van der Waals surface area contributed by atoms with E-state index in [-0.39, 0.29) is 0 Å². The molecular formula is C20H10Cl2F6N4O. The van der Waals surface area contributed by atoms with Gasteiger partial charge in [-0.05, 0) is 17.7 Å². The van der Waals surface area contributed by atoms with E-state index in [0.717, 1.165) is 6.21 Å². The van der Waals surface area contributed by atoms with Crippen LogP contribution in [0.15, 0.2) is 47.5 Å². The summed E-state index contributed by atoms with van der Waals surface area (Å²) in [5.74, 6) is -0.691. The minimum Gasteiger partial charge on any atom is -0.379 e. The molecule has 1 N–H and O–H groups in total. The van der Waals surface area contributed by atoms with Gasteiger partial charge in [0.05, 0.1) is 21.2 Å². The number of hydrogen-bond acceptors (Lipinski definition) is 4. The number of rotatable bonds is 4. The third-order valence-corrected chi connectivity index (χ3v) is 4.85. The zero-order valence-electron chi connectivity index (χ0n) is 16.0. The number of alkyl halides is 6. The molecule has 1 atom stereocenters. The number of benzene rings is 2. The van der Waals surface area contributed by atoms with Gasteiger partial charge in [0.25, 0.3) is 0 Å². The van der Waals surface area contributed by atoms with E-state index in [1.165, 1.54) is 6.07 Å². The molecule has 33 heavy (non-hydrogen) atoms. The topological polar surface area (TPSA) is 74.2 Å². The first-order chi connectivity index (χ1) is 15.3. The first-order valence-corrected chi connectivity index (χ1v) is 9.53. The Kier molecular flexibility index (Phi) is 6.74. The summed E-state index contributed by atoms with van der Waals surface area (Å²) in [5.41, 5.74) is -3.11. The number of aliphatic hydroxyl groups excluding tert-OH is 1. The normalized spacial score (nSPS) is 13.3. The second kappa shape index (κ2) is 9.05. The molecule has 2 aromatic carbocycles. The fourth-order valence-corrected chi connectivity index (χ4v) is 3.45. The van der Waals surface area contributed by atoms with Gasteiger partial charge in [0, 0.05) is 6.21 Å². The number of nitrogens with zero attached hydrogens (tertiary/aromatic N) is 4. The molecule has 1 aromatic heterocycles. The van der Waals surface area contributed by atoms with Gasteiger partial charge in [0.2, 0.25) is 0 Å². The molecule has 0 aliphatic carbocycles. The lowest BCUT2D eigenvalue weighted by Gasteiger charge is -2.16. The second-order valence-electron chi connectivity index (χ2n) is 6.51. The molecule has 0 saturated carbocycles. The molecule has 0 bridgehead atoms. The quantitative estimate of drug-likeness (QED) is 0.328. The SMILES string of the molecule is N#Cc1nn(-c2c(Cl)cc(C(F)(F)F)cc2Cl)c(N=Cc2ccccc2)c1C(O)C(F)(F)F. The van der Waals surface area contributed by atoms with E-state index < -0.39 is 56.8 Å². The number of aliphatic hydroxyl groups is 1. The number of nitriles is 1. The minimum absolute atomic E-state index is 0.431. The zero-order chi connectivity index (χ0) is 24.6. The smallest absolute Gasteiger partial charge is 0.379 e. The Hall–Kier alpha value is -3.07. The summed E-state index contributed by atoms with van der Waals surface area (Å²) in [6, 6.07) is 10.5. The van der Waals surface area contributed by atoms with Gasteiger partial charge in [-0.15, -0.1) is 0 Å². The molecular weight excluding hydrogens is 497 g/mol. The maximum Gasteiger partial charge on any atom is 0.418 e. The van der Waals surface area contributed by atoms with Crippen LogP contribution in [-0.4, -0.2) is 27.3 Å². The number of hydrogen-bond donors (Lipinski definition) is 1. The molecule has 5 nitrogen and oxygen atoms in total. The molecule has 0 saturated heterocycles. The van der Waals surface area contributed by atoms with Crippen molar-refractivity contribution in [3.05, 3.63) is 74.9 Å². The molecule has 0 aliphatic rings. The van der Waals surface area contributed by atoms with Crippen LogP contribution in [0, 0.1) is 11.3 Å². The first-order valence-electron chi connectivity index (χ1n) is 8.78. The van der Waals surface area contributed by atoms with Gasteiger partial charge < -0.3 is 5.11 Å². The summed E-state index contributed by atoms with van der Waals surface area (Å²) in [4.78, 5) is 3.93. The highest BCUT2D eigenvalue weighted by molar-refractivity contribution is 6.38. The lowest BCUT2D eigenvalue weighted by Crippen LogP contribution is -2.20. The fourth-order valence-electron chi connectivity index (χ4n) is 2.81. The summed E-state index contributed by atoms with van der Waals surface area (Å²) in [5, 5.41) is 21.7. The Bertz CT molecular complexity index is 1220. The molecule has 3 aromatic rings. The summed E-state index contributed by atoms with van der Waals surface area (Å²) < 4.78 is 79.8. The average Bonchev–Trinajstić information content (AvgIpc) is 3.08. The Morgan fingerprint density at radius 1 is 1.06 bits per heavy atom. The molecule has 0 spiro atoms. The van der Waals surface area contributed by atoms with E-state index in [1.54, 1.807) is 30.3 Å². The van der Waals surface area contributed by atoms with Crippen LogP contribution in [0.5, 0.6) is 0 Å². The van der Waals surface area contributed by atoms with Crippen LogP contribution in [0.1, 0.15) is 28.5 Å². The predicted molar refractivity (Wildman–Crippen MR) is 108 cm³/mol. The van der Waals surface area contributed by atoms with Gasteiger partial charge in [-0.2, -0.15) is 36.7 Å². The maximum atomic E-state index is 13.3. The molecule has 0 radical (unpaired) electrons. The highest BCUT2D eigenvalue weighted by Gasteiger charge is 2.44. The van der Waals surface area contributed by atoms with Crippen molar-refractivity contribution < 1.29 is 31.4 Å². The summed E-state index contributed by atoms with van der Waals surface area (Å²) >= 11 is 11.9. The van der Waals surface area contributed by atoms with Crippen molar-refractivity contribution in [3.63, 3.8) is 0 Å². The van der Waals surface area contributed by atoms with Gasteiger partial charge in [0.1, 0.15) is 11.8 Å². The van der Waals surface area contributed by atoms with Crippen LogP contribution in [-0.2, 0) is 6.18 Å². The van der Waals surface area contributed by atoms with Crippen LogP contribution in [0.4, 0.5) is 32.2 Å². The Labute approximate surface area is 192 Å². The van der Waals surface area contributed by atoms with Crippen LogP contribution >= 0.6 is 23.2 Å². The van der Waals surface area contributed by atoms with Crippen LogP contribution in [0.3, 0.4) is 0 Å². The Balaban J connectivity index is 2.32. The highest BCUT2D eigenvalue weighted by atomic mass is 35.5. The molecule has 1 unspecified atom stereocenters. The van der Waals surface area contributed by atoms with E-state index >= 15 is 0 Å². The summed E-state index contributed by atoms with van der Waals surface area (Å²) in [6.07, 6.45) is -12.1. The minimum atomic E-state index is -5.20. The van der Waals surface area contributed by atoms with Gasteiger partial charge in [-0.1, -0.05) is 53.5 Å². The maximum absolute atomic E-state index is 13.3. The number of aromatic nitrogens is 2. The van der Waals surface area contributed by atoms with E-state index in [4.69, 9.17) is 23.2 Å². The van der Waals surface area contributed by atoms with Gasteiger partial charge in [-0.25, -0.2) is 9.67 Å². The van der Waals surface area contributed by atoms with Crippen molar-refractivity contribution in [2.24, 2.45) is 4.99 Å². The van der Waals surface area contributed by atoms with Crippen molar-refractivity contribution >= 4 is 35.2 Å². The third kappa shape index (κ3) is 5.13. The van der Waals surface area contributed by atoms with E-state index in [1.807, 2.05) is 0 Å². The van der Waals surface area contributed by atoms with E-state index in [0.29, 0.717) is 22.4 Å². The van der Waals surface area contributed by atoms with Crippen LogP contribution < -0.4 is 0 Å². The fraction of sp³-hybridized carbons (Fsp3) is 0.150.